The van der Waals surface area contributed by atoms with Gasteiger partial charge in [0.25, 0.3) is 11.8 Å². The fraction of sp³-hybridized carbons (Fsp3) is 0.500. The van der Waals surface area contributed by atoms with Gasteiger partial charge in [0, 0.05) is 13.2 Å². The number of alkyl halides is 2. The van der Waals surface area contributed by atoms with Crippen LogP contribution in [0, 0.1) is 0 Å². The number of aromatic nitrogens is 2. The highest BCUT2D eigenvalue weighted by atomic mass is 19.3. The molecule has 0 fully saturated rings. The highest BCUT2D eigenvalue weighted by molar-refractivity contribution is 5.92. The summed E-state index contributed by atoms with van der Waals surface area (Å²) in [5, 5.41) is 5.83. The highest BCUT2D eigenvalue weighted by Gasteiger charge is 2.27. The number of hydrogen-bond donors (Lipinski definition) is 2. The maximum Gasteiger partial charge on any atom is 0.277 e. The molecule has 1 rings (SSSR count). The maximum absolute atomic E-state index is 12.7. The molecule has 0 bridgehead atoms. The van der Waals surface area contributed by atoms with Crippen molar-refractivity contribution in [2.45, 2.75) is 5.92 Å². The van der Waals surface area contributed by atoms with E-state index < -0.39 is 24.9 Å². The Hall–Kier alpha value is -1.50. The lowest BCUT2D eigenvalue weighted by Gasteiger charge is -2.14. The SMILES string of the molecule is Cn1nccc1C(=O)NCC(F)(F)CN. The van der Waals surface area contributed by atoms with Crippen LogP contribution in [0.1, 0.15) is 10.5 Å². The van der Waals surface area contributed by atoms with Gasteiger partial charge in [-0.25, -0.2) is 8.78 Å². The lowest BCUT2D eigenvalue weighted by molar-refractivity contribution is 0.0117. The van der Waals surface area contributed by atoms with E-state index in [1.165, 1.54) is 16.9 Å². The molecule has 0 saturated carbocycles. The predicted molar refractivity (Wildman–Crippen MR) is 49.5 cm³/mol. The third-order valence-corrected chi connectivity index (χ3v) is 1.86. The van der Waals surface area contributed by atoms with Crippen molar-refractivity contribution in [2.75, 3.05) is 13.1 Å². The van der Waals surface area contributed by atoms with Crippen LogP contribution in [-0.4, -0.2) is 34.7 Å². The van der Waals surface area contributed by atoms with Crippen molar-refractivity contribution in [2.24, 2.45) is 12.8 Å². The van der Waals surface area contributed by atoms with Gasteiger partial charge in [-0.3, -0.25) is 9.48 Å². The molecule has 1 aromatic heterocycles. The molecule has 1 amide bonds. The minimum Gasteiger partial charge on any atom is -0.345 e. The maximum atomic E-state index is 12.7. The molecule has 0 aliphatic heterocycles. The molecule has 0 unspecified atom stereocenters. The Morgan fingerprint density at radius 3 is 2.87 bits per heavy atom. The smallest absolute Gasteiger partial charge is 0.277 e. The van der Waals surface area contributed by atoms with Crippen LogP contribution in [0.2, 0.25) is 0 Å². The van der Waals surface area contributed by atoms with Gasteiger partial charge in [0.2, 0.25) is 0 Å². The molecule has 5 nitrogen and oxygen atoms in total. The number of halogens is 2. The summed E-state index contributed by atoms with van der Waals surface area (Å²) in [5.74, 6) is -3.67. The summed E-state index contributed by atoms with van der Waals surface area (Å²) >= 11 is 0. The molecular weight excluding hydrogens is 206 g/mol. The van der Waals surface area contributed by atoms with Gasteiger partial charge in [-0.05, 0) is 6.07 Å². The first-order valence-electron chi connectivity index (χ1n) is 4.30. The number of rotatable bonds is 4. The number of carbonyl (C=O) groups excluding carboxylic acids is 1. The van der Waals surface area contributed by atoms with E-state index >= 15 is 0 Å². The van der Waals surface area contributed by atoms with Crippen LogP contribution in [0.4, 0.5) is 8.78 Å². The first-order valence-corrected chi connectivity index (χ1v) is 4.30. The number of carbonyl (C=O) groups is 1. The first kappa shape index (κ1) is 11.6. The van der Waals surface area contributed by atoms with Crippen molar-refractivity contribution in [3.8, 4) is 0 Å². The van der Waals surface area contributed by atoms with Crippen LogP contribution < -0.4 is 11.1 Å². The van der Waals surface area contributed by atoms with Gasteiger partial charge in [-0.15, -0.1) is 0 Å². The fourth-order valence-electron chi connectivity index (χ4n) is 0.969. The molecule has 0 spiro atoms. The average Bonchev–Trinajstić information content (AvgIpc) is 2.61. The van der Waals surface area contributed by atoms with Crippen molar-refractivity contribution in [3.63, 3.8) is 0 Å². The van der Waals surface area contributed by atoms with Crippen LogP contribution in [0.3, 0.4) is 0 Å². The number of nitrogens with zero attached hydrogens (tertiary/aromatic N) is 2. The Morgan fingerprint density at radius 2 is 2.40 bits per heavy atom. The number of nitrogens with two attached hydrogens (primary N) is 1. The molecular formula is C8H12F2N4O. The number of hydrogen-bond acceptors (Lipinski definition) is 3. The van der Waals surface area contributed by atoms with Gasteiger partial charge >= 0.3 is 0 Å². The van der Waals surface area contributed by atoms with Crippen molar-refractivity contribution < 1.29 is 13.6 Å². The summed E-state index contributed by atoms with van der Waals surface area (Å²) in [6.45, 7) is -1.56. The van der Waals surface area contributed by atoms with E-state index in [1.54, 1.807) is 7.05 Å². The lowest BCUT2D eigenvalue weighted by atomic mass is 10.3. The van der Waals surface area contributed by atoms with E-state index in [9.17, 15) is 13.6 Å². The molecule has 1 aromatic rings. The summed E-state index contributed by atoms with van der Waals surface area (Å²) in [4.78, 5) is 11.3. The van der Waals surface area contributed by atoms with E-state index in [4.69, 9.17) is 5.73 Å². The zero-order chi connectivity index (χ0) is 11.5. The lowest BCUT2D eigenvalue weighted by Crippen LogP contribution is -2.41. The van der Waals surface area contributed by atoms with Crippen LogP contribution in [0.15, 0.2) is 12.3 Å². The minimum atomic E-state index is -3.08. The molecule has 84 valence electrons. The Kier molecular flexibility index (Phi) is 3.35. The van der Waals surface area contributed by atoms with E-state index in [1.807, 2.05) is 0 Å². The van der Waals surface area contributed by atoms with Crippen molar-refractivity contribution >= 4 is 5.91 Å². The second-order valence-corrected chi connectivity index (χ2v) is 3.08. The Morgan fingerprint density at radius 1 is 1.73 bits per heavy atom. The second-order valence-electron chi connectivity index (χ2n) is 3.08. The zero-order valence-corrected chi connectivity index (χ0v) is 8.20. The average molecular weight is 218 g/mol. The van der Waals surface area contributed by atoms with E-state index in [-0.39, 0.29) is 5.69 Å². The minimum absolute atomic E-state index is 0.225. The number of nitrogens with one attached hydrogen (secondary N) is 1. The summed E-state index contributed by atoms with van der Waals surface area (Å²) in [7, 11) is 1.55. The first-order chi connectivity index (χ1) is 6.96. The largest absolute Gasteiger partial charge is 0.345 e. The topological polar surface area (TPSA) is 72.9 Å². The van der Waals surface area contributed by atoms with Gasteiger partial charge in [0.1, 0.15) is 5.69 Å². The van der Waals surface area contributed by atoms with Gasteiger partial charge in [-0.2, -0.15) is 5.10 Å². The quantitative estimate of drug-likeness (QED) is 0.731. The van der Waals surface area contributed by atoms with E-state index in [0.717, 1.165) is 0 Å². The molecule has 0 aliphatic rings. The molecule has 15 heavy (non-hydrogen) atoms. The van der Waals surface area contributed by atoms with Crippen LogP contribution in [-0.2, 0) is 7.05 Å². The van der Waals surface area contributed by atoms with Gasteiger partial charge in [-0.1, -0.05) is 0 Å². The normalized spacial score (nSPS) is 11.5. The summed E-state index contributed by atoms with van der Waals surface area (Å²) in [5.41, 5.74) is 5.05. The zero-order valence-electron chi connectivity index (χ0n) is 8.20. The molecule has 0 aromatic carbocycles. The number of amides is 1. The fourth-order valence-corrected chi connectivity index (χ4v) is 0.969. The van der Waals surface area contributed by atoms with Gasteiger partial charge in [0.15, 0.2) is 0 Å². The van der Waals surface area contributed by atoms with Crippen molar-refractivity contribution in [3.05, 3.63) is 18.0 Å². The molecule has 0 radical (unpaired) electrons. The second kappa shape index (κ2) is 4.35. The summed E-state index contributed by atoms with van der Waals surface area (Å²) < 4.78 is 26.7. The van der Waals surface area contributed by atoms with Crippen molar-refractivity contribution in [1.29, 1.82) is 0 Å². The third-order valence-electron chi connectivity index (χ3n) is 1.86. The molecule has 1 heterocycles. The van der Waals surface area contributed by atoms with Crippen LogP contribution >= 0.6 is 0 Å². The molecule has 3 N–H and O–H groups in total. The summed E-state index contributed by atoms with van der Waals surface area (Å²) in [6, 6.07) is 1.44. The highest BCUT2D eigenvalue weighted by Crippen LogP contribution is 2.09. The van der Waals surface area contributed by atoms with E-state index in [2.05, 4.69) is 10.4 Å². The molecule has 0 saturated heterocycles. The van der Waals surface area contributed by atoms with Crippen molar-refractivity contribution in [1.82, 2.24) is 15.1 Å². The van der Waals surface area contributed by atoms with Crippen LogP contribution in [0.25, 0.3) is 0 Å². The Labute approximate surface area is 85.2 Å². The standard InChI is InChI=1S/C8H12F2N4O/c1-14-6(2-3-13-14)7(15)12-5-8(9,10)4-11/h2-3H,4-5,11H2,1H3,(H,12,15). The molecule has 0 aliphatic carbocycles. The molecule has 0 atom stereocenters. The predicted octanol–water partition coefficient (Wildman–Crippen LogP) is -0.256. The third kappa shape index (κ3) is 2.98. The Balaban J connectivity index is 2.55. The monoisotopic (exact) mass is 218 g/mol. The number of aryl methyl sites for hydroxylation is 1. The van der Waals surface area contributed by atoms with Gasteiger partial charge < -0.3 is 11.1 Å². The van der Waals surface area contributed by atoms with Crippen LogP contribution in [0.5, 0.6) is 0 Å². The Bertz CT molecular complexity index is 350. The van der Waals surface area contributed by atoms with E-state index in [0.29, 0.717) is 0 Å². The van der Waals surface area contributed by atoms with Gasteiger partial charge in [0.05, 0.1) is 13.1 Å². The molecule has 7 heteroatoms. The summed E-state index contributed by atoms with van der Waals surface area (Å²) in [6.07, 6.45) is 1.41.